The van der Waals surface area contributed by atoms with Gasteiger partial charge in [-0.3, -0.25) is 4.55 Å². The minimum Gasteiger partial charge on any atom is -0.282 e. The number of benzene rings is 1. The van der Waals surface area contributed by atoms with Crippen LogP contribution in [-0.4, -0.2) is 13.0 Å². The highest BCUT2D eigenvalue weighted by Gasteiger charge is 2.08. The SMILES string of the molecule is CC(C)CCCC(C)CCCc1ccc(S(=O)(=O)O)cc1. The normalized spacial score (nSPS) is 13.6. The highest BCUT2D eigenvalue weighted by Crippen LogP contribution is 2.18. The molecule has 1 atom stereocenters. The van der Waals surface area contributed by atoms with Gasteiger partial charge in [-0.25, -0.2) is 0 Å². The molecule has 0 spiro atoms. The first-order valence-electron chi connectivity index (χ1n) is 7.85. The Morgan fingerprint density at radius 2 is 1.52 bits per heavy atom. The third kappa shape index (κ3) is 7.63. The molecule has 120 valence electrons. The summed E-state index contributed by atoms with van der Waals surface area (Å²) in [5.41, 5.74) is 1.12. The molecule has 1 unspecified atom stereocenters. The van der Waals surface area contributed by atoms with E-state index >= 15 is 0 Å². The molecule has 0 saturated heterocycles. The molecule has 0 bridgehead atoms. The summed E-state index contributed by atoms with van der Waals surface area (Å²) >= 11 is 0. The minimum absolute atomic E-state index is 0.0340. The van der Waals surface area contributed by atoms with Crippen molar-refractivity contribution >= 4 is 10.1 Å². The van der Waals surface area contributed by atoms with Crippen LogP contribution in [0.2, 0.25) is 0 Å². The predicted octanol–water partition coefficient (Wildman–Crippen LogP) is 4.72. The van der Waals surface area contributed by atoms with E-state index in [1.165, 1.54) is 37.8 Å². The van der Waals surface area contributed by atoms with Gasteiger partial charge in [0.15, 0.2) is 0 Å². The molecule has 0 aromatic heterocycles. The molecule has 4 heteroatoms. The molecule has 0 amide bonds. The first-order chi connectivity index (χ1) is 9.79. The second-order valence-electron chi connectivity index (χ2n) is 6.44. The van der Waals surface area contributed by atoms with E-state index in [0.717, 1.165) is 30.2 Å². The van der Waals surface area contributed by atoms with Gasteiger partial charge in [-0.2, -0.15) is 8.42 Å². The van der Waals surface area contributed by atoms with E-state index in [1.807, 2.05) is 0 Å². The van der Waals surface area contributed by atoms with E-state index in [-0.39, 0.29) is 4.90 Å². The Morgan fingerprint density at radius 1 is 0.952 bits per heavy atom. The van der Waals surface area contributed by atoms with Gasteiger partial charge in [0, 0.05) is 0 Å². The van der Waals surface area contributed by atoms with Crippen molar-refractivity contribution in [2.24, 2.45) is 11.8 Å². The molecule has 1 aromatic carbocycles. The summed E-state index contributed by atoms with van der Waals surface area (Å²) in [7, 11) is -4.07. The van der Waals surface area contributed by atoms with Crippen LogP contribution in [0.5, 0.6) is 0 Å². The maximum absolute atomic E-state index is 11.0. The molecule has 0 aliphatic rings. The standard InChI is InChI=1S/C17H28O3S/c1-14(2)6-4-7-15(3)8-5-9-16-10-12-17(13-11-16)21(18,19)20/h10-15H,4-9H2,1-3H3,(H,18,19,20). The van der Waals surface area contributed by atoms with Crippen molar-refractivity contribution in [1.82, 2.24) is 0 Å². The fourth-order valence-electron chi connectivity index (χ4n) is 2.50. The van der Waals surface area contributed by atoms with Crippen molar-refractivity contribution in [3.05, 3.63) is 29.8 Å². The molecule has 0 radical (unpaired) electrons. The van der Waals surface area contributed by atoms with Crippen molar-refractivity contribution < 1.29 is 13.0 Å². The van der Waals surface area contributed by atoms with Crippen LogP contribution < -0.4 is 0 Å². The number of aryl methyl sites for hydroxylation is 1. The van der Waals surface area contributed by atoms with Crippen LogP contribution in [-0.2, 0) is 16.5 Å². The molecule has 0 heterocycles. The number of hydrogen-bond acceptors (Lipinski definition) is 2. The van der Waals surface area contributed by atoms with Gasteiger partial charge in [0.1, 0.15) is 0 Å². The third-order valence-corrected chi connectivity index (χ3v) is 4.73. The Kier molecular flexibility index (Phi) is 7.40. The summed E-state index contributed by atoms with van der Waals surface area (Å²) in [5.74, 6) is 1.54. The summed E-state index contributed by atoms with van der Waals surface area (Å²) < 4.78 is 30.8. The largest absolute Gasteiger partial charge is 0.294 e. The first kappa shape index (κ1) is 18.2. The monoisotopic (exact) mass is 312 g/mol. The van der Waals surface area contributed by atoms with E-state index < -0.39 is 10.1 Å². The van der Waals surface area contributed by atoms with Crippen LogP contribution in [0.15, 0.2) is 29.2 Å². The predicted molar refractivity (Wildman–Crippen MR) is 87.0 cm³/mol. The Balaban J connectivity index is 2.29. The fourth-order valence-corrected chi connectivity index (χ4v) is 2.98. The minimum atomic E-state index is -4.07. The van der Waals surface area contributed by atoms with Crippen LogP contribution in [0.4, 0.5) is 0 Å². The molecule has 0 aliphatic carbocycles. The molecule has 0 aliphatic heterocycles. The topological polar surface area (TPSA) is 54.4 Å². The van der Waals surface area contributed by atoms with Crippen LogP contribution in [0.1, 0.15) is 58.4 Å². The van der Waals surface area contributed by atoms with Crippen molar-refractivity contribution in [3.8, 4) is 0 Å². The average Bonchev–Trinajstić information content (AvgIpc) is 2.38. The van der Waals surface area contributed by atoms with Crippen LogP contribution in [0, 0.1) is 11.8 Å². The zero-order chi connectivity index (χ0) is 15.9. The Bertz CT molecular complexity index is 503. The van der Waals surface area contributed by atoms with Gasteiger partial charge in [-0.05, 0) is 42.4 Å². The molecule has 1 rings (SSSR count). The summed E-state index contributed by atoms with van der Waals surface area (Å²) in [6.45, 7) is 6.84. The second kappa shape index (κ2) is 8.54. The van der Waals surface area contributed by atoms with E-state index in [9.17, 15) is 8.42 Å². The molecule has 1 aromatic rings. The molecular formula is C17H28O3S. The van der Waals surface area contributed by atoms with E-state index in [0.29, 0.717) is 0 Å². The number of hydrogen-bond donors (Lipinski definition) is 1. The lowest BCUT2D eigenvalue weighted by atomic mass is 9.94. The Morgan fingerprint density at radius 3 is 2.05 bits per heavy atom. The smallest absolute Gasteiger partial charge is 0.282 e. The van der Waals surface area contributed by atoms with E-state index in [1.54, 1.807) is 12.1 Å². The highest BCUT2D eigenvalue weighted by molar-refractivity contribution is 7.85. The fraction of sp³-hybridized carbons (Fsp3) is 0.647. The average molecular weight is 312 g/mol. The van der Waals surface area contributed by atoms with Crippen molar-refractivity contribution in [2.75, 3.05) is 0 Å². The van der Waals surface area contributed by atoms with Crippen LogP contribution in [0.25, 0.3) is 0 Å². The van der Waals surface area contributed by atoms with E-state index in [4.69, 9.17) is 4.55 Å². The van der Waals surface area contributed by atoms with Gasteiger partial charge >= 0.3 is 0 Å². The molecule has 3 nitrogen and oxygen atoms in total. The zero-order valence-corrected chi connectivity index (χ0v) is 14.2. The lowest BCUT2D eigenvalue weighted by Gasteiger charge is -2.12. The quantitative estimate of drug-likeness (QED) is 0.671. The molecular weight excluding hydrogens is 284 g/mol. The maximum atomic E-state index is 11.0. The van der Waals surface area contributed by atoms with Crippen LogP contribution >= 0.6 is 0 Å². The van der Waals surface area contributed by atoms with Crippen molar-refractivity contribution in [3.63, 3.8) is 0 Å². The van der Waals surface area contributed by atoms with Gasteiger partial charge in [0.2, 0.25) is 0 Å². The Labute approximate surface area is 129 Å². The van der Waals surface area contributed by atoms with Crippen molar-refractivity contribution in [1.29, 1.82) is 0 Å². The van der Waals surface area contributed by atoms with Gasteiger partial charge in [-0.15, -0.1) is 0 Å². The number of rotatable bonds is 9. The Hall–Kier alpha value is -0.870. The van der Waals surface area contributed by atoms with Crippen LogP contribution in [0.3, 0.4) is 0 Å². The van der Waals surface area contributed by atoms with Gasteiger partial charge < -0.3 is 0 Å². The molecule has 21 heavy (non-hydrogen) atoms. The lowest BCUT2D eigenvalue weighted by molar-refractivity contribution is 0.427. The highest BCUT2D eigenvalue weighted by atomic mass is 32.2. The van der Waals surface area contributed by atoms with Gasteiger partial charge in [-0.1, -0.05) is 58.6 Å². The first-order valence-corrected chi connectivity index (χ1v) is 9.29. The second-order valence-corrected chi connectivity index (χ2v) is 7.86. The summed E-state index contributed by atoms with van der Waals surface area (Å²) in [5, 5.41) is 0. The molecule has 0 fully saturated rings. The van der Waals surface area contributed by atoms with E-state index in [2.05, 4.69) is 20.8 Å². The zero-order valence-electron chi connectivity index (χ0n) is 13.4. The summed E-state index contributed by atoms with van der Waals surface area (Å²) in [6.07, 6.45) is 7.19. The van der Waals surface area contributed by atoms with Gasteiger partial charge in [0.25, 0.3) is 10.1 Å². The maximum Gasteiger partial charge on any atom is 0.294 e. The molecule has 0 saturated carbocycles. The summed E-state index contributed by atoms with van der Waals surface area (Å²) in [6, 6.07) is 6.51. The summed E-state index contributed by atoms with van der Waals surface area (Å²) in [4.78, 5) is -0.0340. The molecule has 1 N–H and O–H groups in total. The van der Waals surface area contributed by atoms with Gasteiger partial charge in [0.05, 0.1) is 4.90 Å². The lowest BCUT2D eigenvalue weighted by Crippen LogP contribution is -1.99. The van der Waals surface area contributed by atoms with Crippen molar-refractivity contribution in [2.45, 2.75) is 64.2 Å². The third-order valence-electron chi connectivity index (χ3n) is 3.86.